The van der Waals surface area contributed by atoms with Crippen LogP contribution in [-0.2, 0) is 4.79 Å². The fourth-order valence-electron chi connectivity index (χ4n) is 1.79. The van der Waals surface area contributed by atoms with Crippen LogP contribution in [-0.4, -0.2) is 17.1 Å². The summed E-state index contributed by atoms with van der Waals surface area (Å²) in [4.78, 5) is 21.4. The summed E-state index contributed by atoms with van der Waals surface area (Å²) in [5.74, 6) is 0.0673. The average Bonchev–Trinajstić information content (AvgIpc) is 2.65. The first-order valence-corrected chi connectivity index (χ1v) is 5.04. The van der Waals surface area contributed by atoms with Crippen LogP contribution in [0.2, 0.25) is 0 Å². The Kier molecular flexibility index (Phi) is 2.76. The molecule has 0 bridgehead atoms. The third kappa shape index (κ3) is 2.31. The number of carbonyl (C=O) groups is 2. The van der Waals surface area contributed by atoms with E-state index in [2.05, 4.69) is 10.6 Å². The molecule has 1 heterocycles. The van der Waals surface area contributed by atoms with Gasteiger partial charge < -0.3 is 10.4 Å². The molecule has 0 aliphatic carbocycles. The number of hydrogen-bond donors (Lipinski definition) is 3. The van der Waals surface area contributed by atoms with Crippen molar-refractivity contribution in [3.05, 3.63) is 29.8 Å². The zero-order valence-corrected chi connectivity index (χ0v) is 8.56. The molecule has 1 atom stereocenters. The Morgan fingerprint density at radius 3 is 2.56 bits per heavy atom. The number of benzene rings is 1. The number of nitrogens with one attached hydrogen (secondary N) is 2. The molecule has 5 heteroatoms. The van der Waals surface area contributed by atoms with Gasteiger partial charge in [-0.25, -0.2) is 4.79 Å². The smallest absolute Gasteiger partial charge is 0.409 e. The van der Waals surface area contributed by atoms with Crippen molar-refractivity contribution in [1.29, 1.82) is 0 Å². The normalized spacial score (nSPS) is 19.2. The Labute approximate surface area is 92.5 Å². The van der Waals surface area contributed by atoms with Gasteiger partial charge >= 0.3 is 6.09 Å². The van der Waals surface area contributed by atoms with Crippen molar-refractivity contribution >= 4 is 17.7 Å². The molecule has 1 aromatic carbocycles. The highest BCUT2D eigenvalue weighted by Gasteiger charge is 2.21. The van der Waals surface area contributed by atoms with E-state index in [1.807, 2.05) is 12.1 Å². The first-order valence-electron chi connectivity index (χ1n) is 5.04. The quantitative estimate of drug-likeness (QED) is 0.710. The zero-order chi connectivity index (χ0) is 11.5. The largest absolute Gasteiger partial charge is 0.465 e. The second kappa shape index (κ2) is 4.22. The van der Waals surface area contributed by atoms with E-state index in [4.69, 9.17) is 5.11 Å². The van der Waals surface area contributed by atoms with Crippen LogP contribution in [0.25, 0.3) is 0 Å². The van der Waals surface area contributed by atoms with Crippen molar-refractivity contribution < 1.29 is 14.7 Å². The molecule has 5 nitrogen and oxygen atoms in total. The van der Waals surface area contributed by atoms with Crippen molar-refractivity contribution in [1.82, 2.24) is 5.32 Å². The summed E-state index contributed by atoms with van der Waals surface area (Å²) in [6.45, 7) is 0. The standard InChI is InChI=1S/C11H12N2O3/c14-10-6-5-9(13-10)7-1-3-8(4-2-7)12-11(15)16/h1-4,9,12H,5-6H2,(H,13,14)(H,15,16). The van der Waals surface area contributed by atoms with Gasteiger partial charge in [-0.2, -0.15) is 0 Å². The highest BCUT2D eigenvalue weighted by Crippen LogP contribution is 2.24. The molecule has 84 valence electrons. The molecule has 1 saturated heterocycles. The highest BCUT2D eigenvalue weighted by molar-refractivity contribution is 5.83. The SMILES string of the molecule is O=C(O)Nc1ccc(C2CCC(=O)N2)cc1. The topological polar surface area (TPSA) is 78.4 Å². The van der Waals surface area contributed by atoms with E-state index in [-0.39, 0.29) is 11.9 Å². The summed E-state index contributed by atoms with van der Waals surface area (Å²) in [7, 11) is 0. The van der Waals surface area contributed by atoms with E-state index < -0.39 is 6.09 Å². The van der Waals surface area contributed by atoms with E-state index in [1.54, 1.807) is 12.1 Å². The molecule has 0 radical (unpaired) electrons. The van der Waals surface area contributed by atoms with Gasteiger partial charge in [-0.3, -0.25) is 10.1 Å². The Morgan fingerprint density at radius 2 is 2.06 bits per heavy atom. The molecule has 0 saturated carbocycles. The maximum atomic E-state index is 11.0. The van der Waals surface area contributed by atoms with Gasteiger partial charge in [0.15, 0.2) is 0 Å². The summed E-state index contributed by atoms with van der Waals surface area (Å²) < 4.78 is 0. The Bertz CT molecular complexity index is 414. The molecule has 0 spiro atoms. The third-order valence-corrected chi connectivity index (χ3v) is 2.56. The minimum atomic E-state index is -1.08. The van der Waals surface area contributed by atoms with Crippen LogP contribution < -0.4 is 10.6 Å². The summed E-state index contributed by atoms with van der Waals surface area (Å²) in [5.41, 5.74) is 1.53. The van der Waals surface area contributed by atoms with Crippen molar-refractivity contribution in [2.24, 2.45) is 0 Å². The molecule has 2 amide bonds. The minimum Gasteiger partial charge on any atom is -0.465 e. The van der Waals surface area contributed by atoms with Crippen LogP contribution in [0, 0.1) is 0 Å². The summed E-state index contributed by atoms with van der Waals surface area (Å²) in [6.07, 6.45) is 0.270. The molecule has 1 unspecified atom stereocenters. The fraction of sp³-hybridized carbons (Fsp3) is 0.273. The molecule has 2 rings (SSSR count). The molecule has 1 aliphatic heterocycles. The van der Waals surface area contributed by atoms with Crippen LogP contribution >= 0.6 is 0 Å². The van der Waals surface area contributed by atoms with Crippen molar-refractivity contribution in [2.45, 2.75) is 18.9 Å². The van der Waals surface area contributed by atoms with Gasteiger partial charge in [0.2, 0.25) is 5.91 Å². The van der Waals surface area contributed by atoms with Crippen LogP contribution in [0.5, 0.6) is 0 Å². The first-order chi connectivity index (χ1) is 7.65. The second-order valence-electron chi connectivity index (χ2n) is 3.71. The van der Waals surface area contributed by atoms with Crippen LogP contribution in [0.1, 0.15) is 24.4 Å². The Hall–Kier alpha value is -2.04. The number of carboxylic acid groups (broad SMARTS) is 1. The van der Waals surface area contributed by atoms with E-state index in [0.29, 0.717) is 12.1 Å². The molecule has 0 aromatic heterocycles. The monoisotopic (exact) mass is 220 g/mol. The van der Waals surface area contributed by atoms with Gasteiger partial charge in [-0.1, -0.05) is 12.1 Å². The Morgan fingerprint density at radius 1 is 1.38 bits per heavy atom. The molecule has 1 aromatic rings. The summed E-state index contributed by atoms with van der Waals surface area (Å²) in [5, 5.41) is 13.6. The zero-order valence-electron chi connectivity index (χ0n) is 8.56. The van der Waals surface area contributed by atoms with E-state index in [1.165, 1.54) is 0 Å². The Balaban J connectivity index is 2.07. The molecule has 16 heavy (non-hydrogen) atoms. The molecular weight excluding hydrogens is 208 g/mol. The lowest BCUT2D eigenvalue weighted by molar-refractivity contribution is -0.119. The second-order valence-corrected chi connectivity index (χ2v) is 3.71. The van der Waals surface area contributed by atoms with Gasteiger partial charge in [0.1, 0.15) is 0 Å². The maximum Gasteiger partial charge on any atom is 0.409 e. The van der Waals surface area contributed by atoms with Crippen molar-refractivity contribution in [2.75, 3.05) is 5.32 Å². The van der Waals surface area contributed by atoms with Gasteiger partial charge in [0.25, 0.3) is 0 Å². The van der Waals surface area contributed by atoms with Crippen LogP contribution in [0.15, 0.2) is 24.3 Å². The lowest BCUT2D eigenvalue weighted by Crippen LogP contribution is -2.18. The predicted octanol–water partition coefficient (Wildman–Crippen LogP) is 1.73. The highest BCUT2D eigenvalue weighted by atomic mass is 16.4. The maximum absolute atomic E-state index is 11.0. The average molecular weight is 220 g/mol. The fourth-order valence-corrected chi connectivity index (χ4v) is 1.79. The van der Waals surface area contributed by atoms with Gasteiger partial charge in [0, 0.05) is 12.1 Å². The van der Waals surface area contributed by atoms with E-state index >= 15 is 0 Å². The van der Waals surface area contributed by atoms with Crippen LogP contribution in [0.4, 0.5) is 10.5 Å². The van der Waals surface area contributed by atoms with E-state index in [9.17, 15) is 9.59 Å². The minimum absolute atomic E-state index is 0.0615. The number of hydrogen-bond acceptors (Lipinski definition) is 2. The first kappa shape index (κ1) is 10.5. The lowest BCUT2D eigenvalue weighted by atomic mass is 10.1. The lowest BCUT2D eigenvalue weighted by Gasteiger charge is -2.10. The summed E-state index contributed by atoms with van der Waals surface area (Å²) >= 11 is 0. The summed E-state index contributed by atoms with van der Waals surface area (Å²) in [6, 6.07) is 7.08. The van der Waals surface area contributed by atoms with Gasteiger partial charge in [-0.05, 0) is 24.1 Å². The molecule has 1 fully saturated rings. The molecular formula is C11H12N2O3. The van der Waals surface area contributed by atoms with Gasteiger partial charge in [0.05, 0.1) is 6.04 Å². The van der Waals surface area contributed by atoms with Crippen molar-refractivity contribution in [3.8, 4) is 0 Å². The van der Waals surface area contributed by atoms with E-state index in [0.717, 1.165) is 12.0 Å². The number of amides is 2. The number of rotatable bonds is 2. The van der Waals surface area contributed by atoms with Crippen molar-refractivity contribution in [3.63, 3.8) is 0 Å². The third-order valence-electron chi connectivity index (χ3n) is 2.56. The number of carbonyl (C=O) groups excluding carboxylic acids is 1. The molecule has 3 N–H and O–H groups in total. The van der Waals surface area contributed by atoms with Crippen LogP contribution in [0.3, 0.4) is 0 Å². The predicted molar refractivity (Wildman–Crippen MR) is 58.2 cm³/mol. The molecule has 1 aliphatic rings. The number of anilines is 1. The van der Waals surface area contributed by atoms with Gasteiger partial charge in [-0.15, -0.1) is 0 Å².